The van der Waals surface area contributed by atoms with Crippen LogP contribution in [0.4, 0.5) is 5.69 Å². The second kappa shape index (κ2) is 8.25. The molecule has 0 fully saturated rings. The first-order valence-corrected chi connectivity index (χ1v) is 7.49. The third-order valence-electron chi connectivity index (χ3n) is 3.16. The monoisotopic (exact) mass is 283 g/mol. The quantitative estimate of drug-likeness (QED) is 0.593. The first-order chi connectivity index (χ1) is 10.2. The van der Waals surface area contributed by atoms with Crippen LogP contribution >= 0.6 is 0 Å². The Bertz CT molecular complexity index is 672. The third-order valence-corrected chi connectivity index (χ3v) is 3.16. The Morgan fingerprint density at radius 2 is 1.90 bits per heavy atom. The smallest absolute Gasteiger partial charge is 0.160 e. The van der Waals surface area contributed by atoms with Crippen molar-refractivity contribution in [3.8, 4) is 0 Å². The Morgan fingerprint density at radius 1 is 1.19 bits per heavy atom. The summed E-state index contributed by atoms with van der Waals surface area (Å²) >= 11 is 0. The van der Waals surface area contributed by atoms with Crippen molar-refractivity contribution in [2.75, 3.05) is 0 Å². The minimum atomic E-state index is 0.855. The number of hydrogen-bond donors (Lipinski definition) is 0. The van der Waals surface area contributed by atoms with Crippen molar-refractivity contribution in [2.45, 2.75) is 41.5 Å². The van der Waals surface area contributed by atoms with E-state index < -0.39 is 0 Å². The zero-order valence-corrected chi connectivity index (χ0v) is 13.9. The van der Waals surface area contributed by atoms with Crippen LogP contribution in [0.5, 0.6) is 0 Å². The lowest BCUT2D eigenvalue weighted by Gasteiger charge is -1.95. The zero-order chi connectivity index (χ0) is 15.8. The number of furan rings is 1. The molecule has 0 atom stereocenters. The van der Waals surface area contributed by atoms with Crippen LogP contribution < -0.4 is 0 Å². The highest BCUT2D eigenvalue weighted by Gasteiger charge is 2.10. The van der Waals surface area contributed by atoms with Gasteiger partial charge in [-0.3, -0.25) is 4.99 Å². The lowest BCUT2D eigenvalue weighted by Crippen LogP contribution is -1.76. The summed E-state index contributed by atoms with van der Waals surface area (Å²) in [7, 11) is 0. The normalized spacial score (nSPS) is 12.2. The molecule has 2 rings (SSSR count). The number of para-hydroxylation sites is 1. The topological polar surface area (TPSA) is 25.5 Å². The lowest BCUT2D eigenvalue weighted by molar-refractivity contribution is 0.602. The second-order valence-corrected chi connectivity index (χ2v) is 4.54. The predicted octanol–water partition coefficient (Wildman–Crippen LogP) is 6.47. The van der Waals surface area contributed by atoms with Gasteiger partial charge in [0.05, 0.1) is 0 Å². The van der Waals surface area contributed by atoms with Gasteiger partial charge < -0.3 is 4.42 Å². The van der Waals surface area contributed by atoms with Crippen LogP contribution in [-0.4, -0.2) is 6.21 Å². The summed E-state index contributed by atoms with van der Waals surface area (Å²) in [5.41, 5.74) is 4.02. The molecule has 112 valence electrons. The van der Waals surface area contributed by atoms with E-state index >= 15 is 0 Å². The van der Waals surface area contributed by atoms with E-state index in [0.29, 0.717) is 0 Å². The van der Waals surface area contributed by atoms with Crippen LogP contribution in [-0.2, 0) is 0 Å². The zero-order valence-electron chi connectivity index (χ0n) is 13.9. The van der Waals surface area contributed by atoms with Crippen LogP contribution in [0, 0.1) is 6.92 Å². The molecule has 2 heteroatoms. The molecular weight excluding hydrogens is 258 g/mol. The molecule has 1 aromatic heterocycles. The number of aryl methyl sites for hydroxylation is 1. The summed E-state index contributed by atoms with van der Waals surface area (Å²) in [4.78, 5) is 4.51. The molecule has 0 aliphatic rings. The molecule has 0 aliphatic carbocycles. The van der Waals surface area contributed by atoms with Crippen LogP contribution in [0.15, 0.2) is 45.3 Å². The van der Waals surface area contributed by atoms with Crippen molar-refractivity contribution in [2.24, 2.45) is 4.99 Å². The van der Waals surface area contributed by atoms with Gasteiger partial charge in [0, 0.05) is 17.2 Å². The highest BCUT2D eigenvalue weighted by atomic mass is 16.3. The molecule has 0 amide bonds. The summed E-state index contributed by atoms with van der Waals surface area (Å²) in [6, 6.07) is 6.06. The van der Waals surface area contributed by atoms with E-state index in [0.717, 1.165) is 33.6 Å². The summed E-state index contributed by atoms with van der Waals surface area (Å²) in [6.07, 6.45) is 7.86. The van der Waals surface area contributed by atoms with Gasteiger partial charge in [-0.25, -0.2) is 0 Å². The fourth-order valence-corrected chi connectivity index (χ4v) is 1.90. The summed E-state index contributed by atoms with van der Waals surface area (Å²) in [5.74, 6) is 0.905. The Morgan fingerprint density at radius 3 is 2.52 bits per heavy atom. The number of benzene rings is 1. The van der Waals surface area contributed by atoms with E-state index in [1.807, 2.05) is 71.2 Å². The second-order valence-electron chi connectivity index (χ2n) is 4.54. The number of nitrogens with zero attached hydrogens (tertiary/aromatic N) is 1. The minimum absolute atomic E-state index is 0.855. The number of rotatable bonds is 3. The van der Waals surface area contributed by atoms with Gasteiger partial charge in [-0.15, -0.1) is 0 Å². The fraction of sp³-hybridized carbons (Fsp3) is 0.316. The average Bonchev–Trinajstić information content (AvgIpc) is 2.84. The third kappa shape index (κ3) is 3.94. The highest BCUT2D eigenvalue weighted by Crippen LogP contribution is 2.33. The largest absolute Gasteiger partial charge is 0.454 e. The molecular formula is C19H25NO. The predicted molar refractivity (Wildman–Crippen MR) is 94.6 cm³/mol. The van der Waals surface area contributed by atoms with Crippen LogP contribution in [0.3, 0.4) is 0 Å². The van der Waals surface area contributed by atoms with Crippen LogP contribution in [0.1, 0.15) is 45.9 Å². The number of fused-ring (bicyclic) bond motifs is 1. The highest BCUT2D eigenvalue weighted by molar-refractivity contribution is 5.94. The fourth-order valence-electron chi connectivity index (χ4n) is 1.90. The van der Waals surface area contributed by atoms with Crippen LogP contribution in [0.2, 0.25) is 0 Å². The van der Waals surface area contributed by atoms with Gasteiger partial charge in [0.1, 0.15) is 11.4 Å². The van der Waals surface area contributed by atoms with E-state index in [2.05, 4.69) is 18.0 Å². The molecule has 0 spiro atoms. The first-order valence-electron chi connectivity index (χ1n) is 7.49. The molecule has 0 bridgehead atoms. The minimum Gasteiger partial charge on any atom is -0.454 e. The molecule has 0 unspecified atom stereocenters. The van der Waals surface area contributed by atoms with E-state index in [9.17, 15) is 0 Å². The van der Waals surface area contributed by atoms with E-state index in [1.54, 1.807) is 0 Å². The Labute approximate surface area is 127 Å². The van der Waals surface area contributed by atoms with E-state index in [4.69, 9.17) is 4.42 Å². The molecule has 1 aromatic carbocycles. The molecule has 21 heavy (non-hydrogen) atoms. The SMILES string of the molecule is C/C=C\c1oc2c(N=C/C(C)=C\C)cccc2c1C.CC. The number of allylic oxidation sites excluding steroid dienone is 3. The van der Waals surface area contributed by atoms with E-state index in [1.165, 1.54) is 0 Å². The standard InChI is InChI=1S/C17H19NO.C2H6/c1-5-8-16-13(4)14-9-7-10-15(17(14)19-16)18-11-12(3)6-2;1-2/h5-11H,1-4H3;1-2H3/b8-5-,12-6-,18-11?;. The number of aliphatic imine (C=N–C) groups is 1. The lowest BCUT2D eigenvalue weighted by atomic mass is 10.1. The molecule has 0 aliphatic heterocycles. The van der Waals surface area contributed by atoms with Gasteiger partial charge in [-0.1, -0.05) is 38.1 Å². The van der Waals surface area contributed by atoms with Gasteiger partial charge in [0.15, 0.2) is 5.58 Å². The van der Waals surface area contributed by atoms with Crippen molar-refractivity contribution in [3.05, 3.63) is 47.2 Å². The van der Waals surface area contributed by atoms with Crippen molar-refractivity contribution in [1.82, 2.24) is 0 Å². The molecule has 1 heterocycles. The van der Waals surface area contributed by atoms with Gasteiger partial charge in [0.2, 0.25) is 0 Å². The Kier molecular flexibility index (Phi) is 6.67. The summed E-state index contributed by atoms with van der Waals surface area (Å²) in [5, 5.41) is 1.13. The van der Waals surface area contributed by atoms with Crippen molar-refractivity contribution in [3.63, 3.8) is 0 Å². The maximum Gasteiger partial charge on any atom is 0.160 e. The average molecular weight is 283 g/mol. The summed E-state index contributed by atoms with van der Waals surface area (Å²) < 4.78 is 5.92. The number of hydrogen-bond acceptors (Lipinski definition) is 2. The van der Waals surface area contributed by atoms with Crippen molar-refractivity contribution >= 4 is 28.9 Å². The molecule has 0 saturated heterocycles. The van der Waals surface area contributed by atoms with Crippen molar-refractivity contribution in [1.29, 1.82) is 0 Å². The molecule has 0 N–H and O–H groups in total. The molecule has 2 aromatic rings. The molecule has 0 radical (unpaired) electrons. The van der Waals surface area contributed by atoms with Gasteiger partial charge in [-0.05, 0) is 45.4 Å². The first kappa shape index (κ1) is 17.0. The van der Waals surface area contributed by atoms with Gasteiger partial charge >= 0.3 is 0 Å². The summed E-state index contributed by atoms with van der Waals surface area (Å²) in [6.45, 7) is 12.1. The van der Waals surface area contributed by atoms with E-state index in [-0.39, 0.29) is 0 Å². The maximum atomic E-state index is 5.92. The Balaban J connectivity index is 0.00000106. The maximum absolute atomic E-state index is 5.92. The molecule has 0 saturated carbocycles. The van der Waals surface area contributed by atoms with Gasteiger partial charge in [0.25, 0.3) is 0 Å². The Hall–Kier alpha value is -2.09. The van der Waals surface area contributed by atoms with Gasteiger partial charge in [-0.2, -0.15) is 0 Å². The van der Waals surface area contributed by atoms with Crippen LogP contribution in [0.25, 0.3) is 17.0 Å². The molecule has 2 nitrogen and oxygen atoms in total. The van der Waals surface area contributed by atoms with Crippen molar-refractivity contribution < 1.29 is 4.42 Å².